The van der Waals surface area contributed by atoms with Crippen molar-refractivity contribution >= 4 is 10.0 Å². The van der Waals surface area contributed by atoms with Gasteiger partial charge in [0.1, 0.15) is 0 Å². The van der Waals surface area contributed by atoms with Crippen LogP contribution in [0, 0.1) is 11.3 Å². The lowest BCUT2D eigenvalue weighted by Crippen LogP contribution is -2.23. The Labute approximate surface area is 137 Å². The lowest BCUT2D eigenvalue weighted by Gasteiger charge is -2.25. The van der Waals surface area contributed by atoms with Crippen LogP contribution in [0.5, 0.6) is 0 Å². The summed E-state index contributed by atoms with van der Waals surface area (Å²) in [7, 11) is -1.78. The van der Waals surface area contributed by atoms with Crippen LogP contribution >= 0.6 is 0 Å². The molecule has 5 nitrogen and oxygen atoms in total. The maximum atomic E-state index is 11.5. The second kappa shape index (κ2) is 6.92. The molecule has 0 aliphatic carbocycles. The predicted octanol–water partition coefficient (Wildman–Crippen LogP) is 2.40. The van der Waals surface area contributed by atoms with Gasteiger partial charge in [-0.25, -0.2) is 13.6 Å². The van der Waals surface area contributed by atoms with Gasteiger partial charge in [0.25, 0.3) is 0 Å². The maximum absolute atomic E-state index is 11.5. The average Bonchev–Trinajstić information content (AvgIpc) is 2.54. The topological polar surface area (TPSA) is 87.2 Å². The van der Waals surface area contributed by atoms with Crippen LogP contribution in [0.15, 0.2) is 53.4 Å². The molecule has 0 aliphatic heterocycles. The first-order valence-electron chi connectivity index (χ1n) is 7.14. The number of nitrogens with two attached hydrogens (primary N) is 1. The number of nitrogens with zero attached hydrogens (tertiary/aromatic N) is 2. The van der Waals surface area contributed by atoms with Gasteiger partial charge in [0.2, 0.25) is 10.0 Å². The fraction of sp³-hybridized carbons (Fsp3) is 0.235. The van der Waals surface area contributed by atoms with Gasteiger partial charge in [-0.2, -0.15) is 5.26 Å². The molecule has 1 atom stereocenters. The maximum Gasteiger partial charge on any atom is 0.238 e. The molecule has 0 bridgehead atoms. The van der Waals surface area contributed by atoms with Crippen LogP contribution in [0.1, 0.15) is 29.7 Å². The van der Waals surface area contributed by atoms with E-state index in [4.69, 9.17) is 10.4 Å². The highest BCUT2D eigenvalue weighted by Crippen LogP contribution is 2.23. The highest BCUT2D eigenvalue weighted by Gasteiger charge is 2.16. The Kier molecular flexibility index (Phi) is 5.16. The Bertz CT molecular complexity index is 841. The van der Waals surface area contributed by atoms with E-state index in [1.165, 1.54) is 6.07 Å². The van der Waals surface area contributed by atoms with E-state index in [1.807, 2.05) is 38.2 Å². The van der Waals surface area contributed by atoms with Crippen LogP contribution in [0.25, 0.3) is 0 Å². The Morgan fingerprint density at radius 2 is 1.91 bits per heavy atom. The van der Waals surface area contributed by atoms with E-state index in [0.29, 0.717) is 12.1 Å². The van der Waals surface area contributed by atoms with Gasteiger partial charge in [0.05, 0.1) is 16.5 Å². The highest BCUT2D eigenvalue weighted by atomic mass is 32.2. The zero-order valence-electron chi connectivity index (χ0n) is 13.1. The summed E-state index contributed by atoms with van der Waals surface area (Å²) in [6.07, 6.45) is 0. The van der Waals surface area contributed by atoms with Gasteiger partial charge in [-0.15, -0.1) is 0 Å². The van der Waals surface area contributed by atoms with Crippen molar-refractivity contribution in [3.63, 3.8) is 0 Å². The molecule has 0 spiro atoms. The largest absolute Gasteiger partial charge is 0.295 e. The molecule has 0 fully saturated rings. The van der Waals surface area contributed by atoms with Gasteiger partial charge >= 0.3 is 0 Å². The number of benzene rings is 2. The van der Waals surface area contributed by atoms with Crippen molar-refractivity contribution in [2.75, 3.05) is 7.05 Å². The minimum Gasteiger partial charge on any atom is -0.295 e. The van der Waals surface area contributed by atoms with E-state index in [2.05, 4.69) is 11.0 Å². The summed E-state index contributed by atoms with van der Waals surface area (Å²) >= 11 is 0. The molecule has 2 aromatic carbocycles. The van der Waals surface area contributed by atoms with Crippen molar-refractivity contribution in [2.24, 2.45) is 5.14 Å². The molecule has 0 saturated heterocycles. The van der Waals surface area contributed by atoms with E-state index in [1.54, 1.807) is 18.2 Å². The van der Waals surface area contributed by atoms with Crippen LogP contribution in [-0.2, 0) is 16.6 Å². The molecule has 23 heavy (non-hydrogen) atoms. The van der Waals surface area contributed by atoms with Crippen LogP contribution in [0.4, 0.5) is 0 Å². The monoisotopic (exact) mass is 329 g/mol. The Balaban J connectivity index is 2.23. The number of hydrogen-bond acceptors (Lipinski definition) is 4. The van der Waals surface area contributed by atoms with Crippen LogP contribution in [0.3, 0.4) is 0 Å². The lowest BCUT2D eigenvalue weighted by atomic mass is 10.0. The summed E-state index contributed by atoms with van der Waals surface area (Å²) in [6.45, 7) is 2.57. The first-order chi connectivity index (χ1) is 10.8. The molecule has 6 heteroatoms. The van der Waals surface area contributed by atoms with Crippen LogP contribution in [0.2, 0.25) is 0 Å². The van der Waals surface area contributed by atoms with Gasteiger partial charge in [-0.1, -0.05) is 30.3 Å². The van der Waals surface area contributed by atoms with Gasteiger partial charge in [0, 0.05) is 12.6 Å². The molecule has 0 saturated carbocycles. The van der Waals surface area contributed by atoms with Crippen LogP contribution in [-0.4, -0.2) is 20.4 Å². The third-order valence-electron chi connectivity index (χ3n) is 3.89. The van der Waals surface area contributed by atoms with E-state index in [9.17, 15) is 8.42 Å². The standard InChI is InChI=1S/C17H19N3O2S/c1-13(14-8-5-9-17(10-14)23(19,21)22)20(2)12-16-7-4-3-6-15(16)11-18/h3-10,13H,12H2,1-2H3,(H2,19,21,22)/t13-/m1/s1. The van der Waals surface area contributed by atoms with Crippen molar-refractivity contribution in [3.05, 3.63) is 65.2 Å². The van der Waals surface area contributed by atoms with Gasteiger partial charge in [-0.3, -0.25) is 4.90 Å². The van der Waals surface area contributed by atoms with E-state index >= 15 is 0 Å². The van der Waals surface area contributed by atoms with Gasteiger partial charge in [0.15, 0.2) is 0 Å². The fourth-order valence-electron chi connectivity index (χ4n) is 2.38. The van der Waals surface area contributed by atoms with Crippen molar-refractivity contribution in [1.29, 1.82) is 5.26 Å². The van der Waals surface area contributed by atoms with Crippen molar-refractivity contribution in [1.82, 2.24) is 4.90 Å². The smallest absolute Gasteiger partial charge is 0.238 e. The summed E-state index contributed by atoms with van der Waals surface area (Å²) in [5.41, 5.74) is 2.44. The van der Waals surface area contributed by atoms with Crippen molar-refractivity contribution < 1.29 is 8.42 Å². The van der Waals surface area contributed by atoms with Gasteiger partial charge in [-0.05, 0) is 43.3 Å². The quantitative estimate of drug-likeness (QED) is 0.912. The fourth-order valence-corrected chi connectivity index (χ4v) is 2.95. The molecule has 2 N–H and O–H groups in total. The summed E-state index contributed by atoms with van der Waals surface area (Å²) in [6, 6.07) is 16.2. The second-order valence-corrected chi connectivity index (χ2v) is 7.04. The molecule has 0 heterocycles. The van der Waals surface area contributed by atoms with Gasteiger partial charge < -0.3 is 0 Å². The molecular formula is C17H19N3O2S. The molecule has 0 aliphatic rings. The summed E-state index contributed by atoms with van der Waals surface area (Å²) in [5, 5.41) is 14.3. The number of nitriles is 1. The van der Waals surface area contributed by atoms with E-state index < -0.39 is 10.0 Å². The van der Waals surface area contributed by atoms with E-state index in [0.717, 1.165) is 11.1 Å². The average molecular weight is 329 g/mol. The van der Waals surface area contributed by atoms with E-state index in [-0.39, 0.29) is 10.9 Å². The third-order valence-corrected chi connectivity index (χ3v) is 4.80. The number of hydrogen-bond donors (Lipinski definition) is 1. The Hall–Kier alpha value is -2.20. The molecule has 120 valence electrons. The third kappa shape index (κ3) is 4.17. The molecule has 2 rings (SSSR count). The molecule has 0 aromatic heterocycles. The number of sulfonamides is 1. The van der Waals surface area contributed by atoms with Crippen LogP contribution < -0.4 is 5.14 Å². The SMILES string of the molecule is C[C@H](c1cccc(S(N)(=O)=O)c1)N(C)Cc1ccccc1C#N. The molecular weight excluding hydrogens is 310 g/mol. The second-order valence-electron chi connectivity index (χ2n) is 5.48. The van der Waals surface area contributed by atoms with Crippen molar-refractivity contribution in [3.8, 4) is 6.07 Å². The Morgan fingerprint density at radius 1 is 1.22 bits per heavy atom. The summed E-state index contributed by atoms with van der Waals surface area (Å²) < 4.78 is 23.0. The predicted molar refractivity (Wildman–Crippen MR) is 88.9 cm³/mol. The zero-order valence-corrected chi connectivity index (χ0v) is 13.9. The Morgan fingerprint density at radius 3 is 2.57 bits per heavy atom. The zero-order chi connectivity index (χ0) is 17.0. The van der Waals surface area contributed by atoms with Crippen molar-refractivity contribution in [2.45, 2.75) is 24.4 Å². The first kappa shape index (κ1) is 17.2. The summed E-state index contributed by atoms with van der Waals surface area (Å²) in [5.74, 6) is 0. The minimum atomic E-state index is -3.72. The molecule has 0 amide bonds. The molecule has 0 unspecified atom stereocenters. The summed E-state index contributed by atoms with van der Waals surface area (Å²) in [4.78, 5) is 2.16. The number of primary sulfonamides is 1. The minimum absolute atomic E-state index is 0.0246. The number of rotatable bonds is 5. The normalized spacial score (nSPS) is 12.8. The lowest BCUT2D eigenvalue weighted by molar-refractivity contribution is 0.252. The molecule has 0 radical (unpaired) electrons. The molecule has 2 aromatic rings. The highest BCUT2D eigenvalue weighted by molar-refractivity contribution is 7.89. The first-order valence-corrected chi connectivity index (χ1v) is 8.68.